The molecule has 2 rings (SSSR count). The van der Waals surface area contributed by atoms with Gasteiger partial charge in [-0.2, -0.15) is 0 Å². The van der Waals surface area contributed by atoms with Crippen LogP contribution in [0.5, 0.6) is 0 Å². The third-order valence-corrected chi connectivity index (χ3v) is 3.71. The van der Waals surface area contributed by atoms with Crippen molar-refractivity contribution in [3.63, 3.8) is 0 Å². The number of amides is 1. The largest absolute Gasteiger partial charge is 0.382 e. The van der Waals surface area contributed by atoms with E-state index in [9.17, 15) is 4.79 Å². The molecular weight excluding hydrogens is 274 g/mol. The Hall–Kier alpha value is -2.15. The van der Waals surface area contributed by atoms with Crippen molar-refractivity contribution in [2.75, 3.05) is 24.6 Å². The third kappa shape index (κ3) is 3.24. The van der Waals surface area contributed by atoms with E-state index in [2.05, 4.69) is 15.3 Å². The molecule has 0 aliphatic rings. The number of aromatic nitrogens is 2. The highest BCUT2D eigenvalue weighted by Crippen LogP contribution is 2.26. The fourth-order valence-electron chi connectivity index (χ4n) is 1.72. The van der Waals surface area contributed by atoms with Crippen molar-refractivity contribution < 1.29 is 4.79 Å². The average Bonchev–Trinajstić information content (AvgIpc) is 2.80. The maximum atomic E-state index is 12.4. The van der Waals surface area contributed by atoms with E-state index in [0.717, 1.165) is 12.1 Å². The monoisotopic (exact) mass is 291 g/mol. The number of thiazole rings is 1. The molecule has 1 amide bonds. The third-order valence-electron chi connectivity index (χ3n) is 2.69. The van der Waals surface area contributed by atoms with Crippen LogP contribution in [0.25, 0.3) is 0 Å². The first-order valence-corrected chi connectivity index (χ1v) is 7.08. The molecule has 0 bridgehead atoms. The van der Waals surface area contributed by atoms with Crippen LogP contribution in [0.15, 0.2) is 24.5 Å². The van der Waals surface area contributed by atoms with Crippen molar-refractivity contribution >= 4 is 28.2 Å². The van der Waals surface area contributed by atoms with E-state index < -0.39 is 0 Å². The van der Waals surface area contributed by atoms with Crippen molar-refractivity contribution in [3.05, 3.63) is 35.0 Å². The van der Waals surface area contributed by atoms with Crippen molar-refractivity contribution in [1.29, 1.82) is 0 Å². The van der Waals surface area contributed by atoms with E-state index in [1.54, 1.807) is 24.3 Å². The lowest BCUT2D eigenvalue weighted by Gasteiger charge is -2.16. The lowest BCUT2D eigenvalue weighted by atomic mass is 10.2. The summed E-state index contributed by atoms with van der Waals surface area (Å²) in [6.07, 6.45) is 3.41. The highest BCUT2D eigenvalue weighted by molar-refractivity contribution is 7.18. The first-order valence-electron chi connectivity index (χ1n) is 6.26. The molecule has 6 nitrogen and oxygen atoms in total. The molecule has 0 radical (unpaired) electrons. The van der Waals surface area contributed by atoms with Crippen molar-refractivity contribution in [2.24, 2.45) is 0 Å². The summed E-state index contributed by atoms with van der Waals surface area (Å²) >= 11 is 1.28. The first kappa shape index (κ1) is 14.3. The molecule has 0 saturated carbocycles. The number of hydrogen-bond donors (Lipinski definition) is 2. The molecule has 0 fully saturated rings. The van der Waals surface area contributed by atoms with Crippen LogP contribution < -0.4 is 11.1 Å². The minimum absolute atomic E-state index is 0.124. The van der Waals surface area contributed by atoms with Crippen LogP contribution in [0, 0.1) is 0 Å². The first-order chi connectivity index (χ1) is 9.61. The van der Waals surface area contributed by atoms with Crippen LogP contribution in [-0.2, 0) is 6.54 Å². The lowest BCUT2D eigenvalue weighted by Crippen LogP contribution is -2.26. The van der Waals surface area contributed by atoms with Crippen molar-refractivity contribution in [1.82, 2.24) is 14.9 Å². The van der Waals surface area contributed by atoms with Gasteiger partial charge in [0, 0.05) is 32.5 Å². The standard InChI is InChI=1S/C13H17N5OS/c1-3-16-13-17-11(14)10(20-13)12(19)18(2)8-9-4-6-15-7-5-9/h4-7H,3,8,14H2,1-2H3,(H,16,17). The van der Waals surface area contributed by atoms with Gasteiger partial charge < -0.3 is 16.0 Å². The Morgan fingerprint density at radius 1 is 1.45 bits per heavy atom. The Balaban J connectivity index is 2.10. The number of nitrogens with two attached hydrogens (primary N) is 1. The molecule has 0 aliphatic carbocycles. The zero-order chi connectivity index (χ0) is 14.5. The summed E-state index contributed by atoms with van der Waals surface area (Å²) in [5.41, 5.74) is 6.82. The number of carbonyl (C=O) groups is 1. The Labute approximate surface area is 121 Å². The van der Waals surface area contributed by atoms with Gasteiger partial charge in [0.25, 0.3) is 5.91 Å². The van der Waals surface area contributed by atoms with Crippen molar-refractivity contribution in [3.8, 4) is 0 Å². The summed E-state index contributed by atoms with van der Waals surface area (Å²) in [5.74, 6) is 0.151. The van der Waals surface area contributed by atoms with Gasteiger partial charge in [-0.15, -0.1) is 0 Å². The van der Waals surface area contributed by atoms with Crippen LogP contribution in [0.3, 0.4) is 0 Å². The number of hydrogen-bond acceptors (Lipinski definition) is 6. The summed E-state index contributed by atoms with van der Waals surface area (Å²) < 4.78 is 0. The molecule has 2 heterocycles. The topological polar surface area (TPSA) is 84.1 Å². The van der Waals surface area contributed by atoms with Gasteiger partial charge in [-0.3, -0.25) is 9.78 Å². The molecule has 0 unspecified atom stereocenters. The predicted octanol–water partition coefficient (Wildman–Crippen LogP) is 1.82. The Kier molecular flexibility index (Phi) is 4.52. The van der Waals surface area contributed by atoms with E-state index in [4.69, 9.17) is 5.73 Å². The molecule has 0 aliphatic heterocycles. The lowest BCUT2D eigenvalue weighted by molar-refractivity contribution is 0.0790. The maximum Gasteiger partial charge on any atom is 0.267 e. The summed E-state index contributed by atoms with van der Waals surface area (Å²) in [6, 6.07) is 3.76. The molecule has 0 aromatic carbocycles. The van der Waals surface area contributed by atoms with E-state index in [0.29, 0.717) is 16.6 Å². The van der Waals surface area contributed by atoms with E-state index >= 15 is 0 Å². The minimum atomic E-state index is -0.124. The molecule has 7 heteroatoms. The average molecular weight is 291 g/mol. The zero-order valence-electron chi connectivity index (χ0n) is 11.5. The Morgan fingerprint density at radius 3 is 2.80 bits per heavy atom. The number of carbonyl (C=O) groups excluding carboxylic acids is 1. The van der Waals surface area contributed by atoms with Gasteiger partial charge >= 0.3 is 0 Å². The Bertz CT molecular complexity index is 584. The number of nitrogens with one attached hydrogen (secondary N) is 1. The fraction of sp³-hybridized carbons (Fsp3) is 0.308. The van der Waals surface area contributed by atoms with Crippen molar-refractivity contribution in [2.45, 2.75) is 13.5 Å². The molecule has 20 heavy (non-hydrogen) atoms. The summed E-state index contributed by atoms with van der Waals surface area (Å²) in [5, 5.41) is 3.73. The molecular formula is C13H17N5OS. The van der Waals surface area contributed by atoms with Gasteiger partial charge in [-0.25, -0.2) is 4.98 Å². The second-order valence-corrected chi connectivity index (χ2v) is 5.28. The molecule has 0 saturated heterocycles. The molecule has 2 aromatic rings. The van der Waals surface area contributed by atoms with E-state index in [-0.39, 0.29) is 11.7 Å². The smallest absolute Gasteiger partial charge is 0.267 e. The van der Waals surface area contributed by atoms with Gasteiger partial charge in [0.05, 0.1) is 0 Å². The summed E-state index contributed by atoms with van der Waals surface area (Å²) in [6.45, 7) is 3.22. The highest BCUT2D eigenvalue weighted by atomic mass is 32.1. The normalized spacial score (nSPS) is 10.3. The van der Waals surface area contributed by atoms with Crippen LogP contribution in [0.1, 0.15) is 22.2 Å². The highest BCUT2D eigenvalue weighted by Gasteiger charge is 2.19. The molecule has 106 valence electrons. The van der Waals surface area contributed by atoms with Gasteiger partial charge in [0.2, 0.25) is 0 Å². The van der Waals surface area contributed by atoms with E-state index in [1.165, 1.54) is 11.3 Å². The van der Waals surface area contributed by atoms with Gasteiger partial charge in [-0.1, -0.05) is 11.3 Å². The van der Waals surface area contributed by atoms with Gasteiger partial charge in [0.15, 0.2) is 5.13 Å². The number of anilines is 2. The van der Waals surface area contributed by atoms with Gasteiger partial charge in [-0.05, 0) is 24.6 Å². The molecule has 0 spiro atoms. The van der Waals surface area contributed by atoms with Crippen LogP contribution in [-0.4, -0.2) is 34.4 Å². The molecule has 2 aromatic heterocycles. The minimum Gasteiger partial charge on any atom is -0.382 e. The summed E-state index contributed by atoms with van der Waals surface area (Å²) in [4.78, 5) is 22.5. The number of rotatable bonds is 5. The predicted molar refractivity (Wildman–Crippen MR) is 80.7 cm³/mol. The van der Waals surface area contributed by atoms with Crippen LogP contribution >= 0.6 is 11.3 Å². The summed E-state index contributed by atoms with van der Waals surface area (Å²) in [7, 11) is 1.74. The van der Waals surface area contributed by atoms with Gasteiger partial charge in [0.1, 0.15) is 10.7 Å². The quantitative estimate of drug-likeness (QED) is 0.878. The number of pyridine rings is 1. The Morgan fingerprint density at radius 2 is 2.15 bits per heavy atom. The fourth-order valence-corrected chi connectivity index (χ4v) is 2.67. The second-order valence-electron chi connectivity index (χ2n) is 4.28. The number of nitrogens with zero attached hydrogens (tertiary/aromatic N) is 3. The van der Waals surface area contributed by atoms with Crippen LogP contribution in [0.2, 0.25) is 0 Å². The molecule has 3 N–H and O–H groups in total. The van der Waals surface area contributed by atoms with E-state index in [1.807, 2.05) is 19.1 Å². The zero-order valence-corrected chi connectivity index (χ0v) is 12.3. The number of nitrogen functional groups attached to an aromatic ring is 1. The maximum absolute atomic E-state index is 12.4. The SMILES string of the molecule is CCNc1nc(N)c(C(=O)N(C)Cc2ccncc2)s1. The second kappa shape index (κ2) is 6.33. The molecule has 0 atom stereocenters. The van der Waals surface area contributed by atoms with Crippen LogP contribution in [0.4, 0.5) is 10.9 Å².